The maximum Gasteiger partial charge on any atom is 0.266 e. The van der Waals surface area contributed by atoms with Gasteiger partial charge in [0.05, 0.1) is 29.4 Å². The van der Waals surface area contributed by atoms with E-state index in [1.165, 1.54) is 6.33 Å². The third-order valence-electron chi connectivity index (χ3n) is 3.80. The molecule has 0 unspecified atom stereocenters. The van der Waals surface area contributed by atoms with Gasteiger partial charge in [-0.1, -0.05) is 12.1 Å². The topological polar surface area (TPSA) is 74.3 Å². The minimum absolute atomic E-state index is 0.172. The quantitative estimate of drug-likeness (QED) is 0.564. The van der Waals surface area contributed by atoms with Crippen LogP contribution < -0.4 is 10.3 Å². The Balaban J connectivity index is 2.11. The number of ether oxygens (including phenoxy) is 1. The second-order valence-corrected chi connectivity index (χ2v) is 5.09. The molecule has 3 aromatic heterocycles. The zero-order chi connectivity index (χ0) is 16.0. The van der Waals surface area contributed by atoms with Crippen molar-refractivity contribution in [1.29, 1.82) is 0 Å². The summed E-state index contributed by atoms with van der Waals surface area (Å²) in [6, 6.07) is 9.21. The van der Waals surface area contributed by atoms with Crippen molar-refractivity contribution >= 4 is 16.7 Å². The van der Waals surface area contributed by atoms with Gasteiger partial charge in [0.1, 0.15) is 12.1 Å². The summed E-state index contributed by atoms with van der Waals surface area (Å²) in [4.78, 5) is 21.4. The van der Waals surface area contributed by atoms with Gasteiger partial charge in [0.25, 0.3) is 11.3 Å². The average molecular weight is 307 g/mol. The first-order chi connectivity index (χ1) is 11.2. The van der Waals surface area contributed by atoms with E-state index in [1.54, 1.807) is 29.3 Å². The van der Waals surface area contributed by atoms with Crippen LogP contribution in [-0.4, -0.2) is 31.3 Å². The van der Waals surface area contributed by atoms with E-state index in [2.05, 4.69) is 15.1 Å². The van der Waals surface area contributed by atoms with E-state index in [4.69, 9.17) is 4.74 Å². The van der Waals surface area contributed by atoms with Crippen LogP contribution in [0.25, 0.3) is 22.4 Å². The van der Waals surface area contributed by atoms with Gasteiger partial charge in [-0.2, -0.15) is 14.6 Å². The highest BCUT2D eigenvalue weighted by Gasteiger charge is 2.14. The van der Waals surface area contributed by atoms with Crippen LogP contribution >= 0.6 is 0 Å². The summed E-state index contributed by atoms with van der Waals surface area (Å²) in [7, 11) is 1.58. The fraction of sp³-hybridized carbons (Fsp3) is 0.125. The van der Waals surface area contributed by atoms with Crippen molar-refractivity contribution < 1.29 is 4.74 Å². The molecule has 0 saturated heterocycles. The minimum Gasteiger partial charge on any atom is -0.495 e. The molecule has 0 bridgehead atoms. The number of aromatic nitrogens is 5. The van der Waals surface area contributed by atoms with Crippen molar-refractivity contribution in [3.63, 3.8) is 0 Å². The molecule has 0 aliphatic rings. The number of hydrogen-bond acceptors (Lipinski definition) is 5. The highest BCUT2D eigenvalue weighted by atomic mass is 16.5. The third-order valence-corrected chi connectivity index (χ3v) is 3.80. The number of pyridine rings is 1. The van der Waals surface area contributed by atoms with Crippen LogP contribution in [0.15, 0.2) is 47.7 Å². The molecule has 7 nitrogen and oxygen atoms in total. The highest BCUT2D eigenvalue weighted by molar-refractivity contribution is 5.82. The Hall–Kier alpha value is -3.22. The summed E-state index contributed by atoms with van der Waals surface area (Å²) in [6.07, 6.45) is 3.13. The normalized spacial score (nSPS) is 11.2. The number of nitrogens with zero attached hydrogens (tertiary/aromatic N) is 5. The second kappa shape index (κ2) is 4.91. The molecule has 23 heavy (non-hydrogen) atoms. The van der Waals surface area contributed by atoms with E-state index in [1.807, 2.05) is 30.3 Å². The number of hydrogen-bond donors (Lipinski definition) is 0. The van der Waals surface area contributed by atoms with Gasteiger partial charge in [-0.25, -0.2) is 4.98 Å². The van der Waals surface area contributed by atoms with Crippen LogP contribution in [0, 0.1) is 6.92 Å². The molecule has 0 amide bonds. The molecule has 0 aliphatic carbocycles. The van der Waals surface area contributed by atoms with Gasteiger partial charge in [-0.15, -0.1) is 0 Å². The summed E-state index contributed by atoms with van der Waals surface area (Å²) < 4.78 is 8.47. The zero-order valence-electron chi connectivity index (χ0n) is 12.6. The first-order valence-electron chi connectivity index (χ1n) is 7.06. The molecule has 3 heterocycles. The number of fused-ring (bicyclic) bond motifs is 3. The van der Waals surface area contributed by atoms with E-state index < -0.39 is 0 Å². The summed E-state index contributed by atoms with van der Waals surface area (Å²) in [5.41, 5.74) is 1.81. The number of aryl methyl sites for hydroxylation is 1. The molecule has 1 aromatic carbocycles. The van der Waals surface area contributed by atoms with Crippen LogP contribution in [0.3, 0.4) is 0 Å². The van der Waals surface area contributed by atoms with Gasteiger partial charge in [-0.3, -0.25) is 9.36 Å². The lowest BCUT2D eigenvalue weighted by molar-refractivity contribution is 0.412. The Bertz CT molecular complexity index is 1100. The first kappa shape index (κ1) is 13.4. The molecule has 114 valence electrons. The molecule has 7 heteroatoms. The molecular weight excluding hydrogens is 294 g/mol. The Labute approximate surface area is 130 Å². The Morgan fingerprint density at radius 3 is 2.83 bits per heavy atom. The smallest absolute Gasteiger partial charge is 0.266 e. The van der Waals surface area contributed by atoms with Gasteiger partial charge >= 0.3 is 0 Å². The van der Waals surface area contributed by atoms with Crippen molar-refractivity contribution in [1.82, 2.24) is 24.1 Å². The van der Waals surface area contributed by atoms with Crippen LogP contribution in [-0.2, 0) is 0 Å². The largest absolute Gasteiger partial charge is 0.495 e. The molecule has 0 atom stereocenters. The molecule has 0 saturated carbocycles. The molecular formula is C16H13N5O2. The lowest BCUT2D eigenvalue weighted by Gasteiger charge is -2.12. The monoisotopic (exact) mass is 307 g/mol. The second-order valence-electron chi connectivity index (χ2n) is 5.09. The van der Waals surface area contributed by atoms with Crippen molar-refractivity contribution in [3.05, 3.63) is 58.9 Å². The zero-order valence-corrected chi connectivity index (χ0v) is 12.6. The Morgan fingerprint density at radius 1 is 1.17 bits per heavy atom. The molecule has 0 aliphatic heterocycles. The molecule has 4 rings (SSSR count). The molecule has 4 aromatic rings. The van der Waals surface area contributed by atoms with Crippen molar-refractivity contribution in [2.24, 2.45) is 0 Å². The summed E-state index contributed by atoms with van der Waals surface area (Å²) in [5.74, 6) is 1.10. The van der Waals surface area contributed by atoms with Crippen molar-refractivity contribution in [2.45, 2.75) is 6.92 Å². The Kier molecular flexibility index (Phi) is 2.87. The fourth-order valence-corrected chi connectivity index (χ4v) is 2.75. The lowest BCUT2D eigenvalue weighted by Crippen LogP contribution is -2.20. The summed E-state index contributed by atoms with van der Waals surface area (Å²) >= 11 is 0. The van der Waals surface area contributed by atoms with Crippen LogP contribution in [0.2, 0.25) is 0 Å². The molecule has 0 spiro atoms. The van der Waals surface area contributed by atoms with E-state index in [0.717, 1.165) is 0 Å². The number of methoxy groups -OCH3 is 1. The number of rotatable bonds is 2. The maximum atomic E-state index is 13.0. The third kappa shape index (κ3) is 1.90. The van der Waals surface area contributed by atoms with Crippen molar-refractivity contribution in [3.8, 4) is 11.4 Å². The summed E-state index contributed by atoms with van der Waals surface area (Å²) in [6.45, 7) is 1.80. The van der Waals surface area contributed by atoms with Gasteiger partial charge in [0, 0.05) is 6.20 Å². The SMILES string of the molecule is COc1ccccc1-n1ccc2c(c(C)nc3ncnn32)c1=O. The van der Waals surface area contributed by atoms with E-state index in [0.29, 0.717) is 33.8 Å². The molecule has 0 N–H and O–H groups in total. The van der Waals surface area contributed by atoms with Crippen molar-refractivity contribution in [2.75, 3.05) is 7.11 Å². The molecule has 0 fully saturated rings. The minimum atomic E-state index is -0.172. The predicted octanol–water partition coefficient (Wildman–Crippen LogP) is 1.75. The number of benzene rings is 1. The van der Waals surface area contributed by atoms with Gasteiger partial charge in [0.2, 0.25) is 0 Å². The fourth-order valence-electron chi connectivity index (χ4n) is 2.75. The van der Waals surface area contributed by atoms with Crippen LogP contribution in [0.5, 0.6) is 5.75 Å². The van der Waals surface area contributed by atoms with Crippen LogP contribution in [0.1, 0.15) is 5.69 Å². The van der Waals surface area contributed by atoms with E-state index in [9.17, 15) is 4.79 Å². The van der Waals surface area contributed by atoms with Gasteiger partial charge < -0.3 is 4.74 Å². The summed E-state index contributed by atoms with van der Waals surface area (Å²) in [5, 5.41) is 4.65. The van der Waals surface area contributed by atoms with Gasteiger partial charge in [0.15, 0.2) is 0 Å². The van der Waals surface area contributed by atoms with E-state index >= 15 is 0 Å². The van der Waals surface area contributed by atoms with E-state index in [-0.39, 0.29) is 5.56 Å². The predicted molar refractivity (Wildman–Crippen MR) is 85.2 cm³/mol. The number of para-hydroxylation sites is 2. The average Bonchev–Trinajstić information content (AvgIpc) is 3.03. The van der Waals surface area contributed by atoms with Crippen LogP contribution in [0.4, 0.5) is 0 Å². The maximum absolute atomic E-state index is 13.0. The lowest BCUT2D eigenvalue weighted by atomic mass is 10.2. The Morgan fingerprint density at radius 2 is 2.00 bits per heavy atom. The first-order valence-corrected chi connectivity index (χ1v) is 7.06. The highest BCUT2D eigenvalue weighted by Crippen LogP contribution is 2.22. The molecule has 0 radical (unpaired) electrons. The standard InChI is InChI=1S/C16H13N5O2/c1-10-14-12(21-16(19-10)17-9-18-21)7-8-20(15(14)22)11-5-3-4-6-13(11)23-2/h3-9H,1-2H3. The van der Waals surface area contributed by atoms with Gasteiger partial charge in [-0.05, 0) is 25.1 Å².